The topological polar surface area (TPSA) is 38.3 Å². The number of benzene rings is 2. The molecule has 0 saturated carbocycles. The van der Waals surface area contributed by atoms with Crippen molar-refractivity contribution in [3.8, 4) is 5.75 Å². The van der Waals surface area contributed by atoms with E-state index in [0.717, 1.165) is 17.7 Å². The zero-order chi connectivity index (χ0) is 18.3. The van der Waals surface area contributed by atoms with E-state index >= 15 is 0 Å². The van der Waals surface area contributed by atoms with Crippen LogP contribution >= 0.6 is 0 Å². The maximum absolute atomic E-state index is 12.0. The molecule has 0 aliphatic carbocycles. The van der Waals surface area contributed by atoms with Crippen molar-refractivity contribution >= 4 is 5.91 Å². The van der Waals surface area contributed by atoms with Gasteiger partial charge in [0.2, 0.25) is 5.91 Å². The maximum atomic E-state index is 12.0. The number of nitrogens with one attached hydrogen (secondary N) is 1. The fraction of sp³-hybridized carbons (Fsp3) is 0.409. The molecule has 3 heteroatoms. The van der Waals surface area contributed by atoms with E-state index in [2.05, 4.69) is 50.4 Å². The molecular formula is C22H29NO2. The summed E-state index contributed by atoms with van der Waals surface area (Å²) in [7, 11) is 0. The van der Waals surface area contributed by atoms with Crippen LogP contribution in [-0.4, -0.2) is 12.5 Å². The molecule has 2 aromatic rings. The average Bonchev–Trinajstić information content (AvgIpc) is 2.59. The van der Waals surface area contributed by atoms with E-state index in [1.165, 1.54) is 11.1 Å². The predicted molar refractivity (Wildman–Crippen MR) is 103 cm³/mol. The van der Waals surface area contributed by atoms with Crippen LogP contribution in [0.1, 0.15) is 50.8 Å². The lowest BCUT2D eigenvalue weighted by Crippen LogP contribution is -2.23. The second kappa shape index (κ2) is 8.70. The van der Waals surface area contributed by atoms with Crippen LogP contribution in [0, 0.1) is 0 Å². The highest BCUT2D eigenvalue weighted by Gasteiger charge is 2.13. The minimum Gasteiger partial charge on any atom is -0.494 e. The van der Waals surface area contributed by atoms with Crippen LogP contribution in [0.25, 0.3) is 0 Å². The first kappa shape index (κ1) is 19.0. The minimum atomic E-state index is 0.0776. The van der Waals surface area contributed by atoms with Gasteiger partial charge in [-0.1, -0.05) is 57.2 Å². The summed E-state index contributed by atoms with van der Waals surface area (Å²) in [4.78, 5) is 12.0. The molecule has 0 aromatic heterocycles. The summed E-state index contributed by atoms with van der Waals surface area (Å²) in [6, 6.07) is 16.4. The number of aryl methyl sites for hydroxylation is 1. The van der Waals surface area contributed by atoms with Gasteiger partial charge in [0.25, 0.3) is 0 Å². The Balaban J connectivity index is 1.77. The van der Waals surface area contributed by atoms with Gasteiger partial charge in [-0.25, -0.2) is 0 Å². The van der Waals surface area contributed by atoms with Crippen molar-refractivity contribution in [1.29, 1.82) is 0 Å². The Morgan fingerprint density at radius 2 is 1.56 bits per heavy atom. The van der Waals surface area contributed by atoms with Gasteiger partial charge in [0.1, 0.15) is 5.75 Å². The van der Waals surface area contributed by atoms with Crippen LogP contribution in [-0.2, 0) is 23.2 Å². The van der Waals surface area contributed by atoms with E-state index in [1.54, 1.807) is 0 Å². The zero-order valence-electron chi connectivity index (χ0n) is 15.8. The molecule has 0 unspecified atom stereocenters. The van der Waals surface area contributed by atoms with Crippen molar-refractivity contribution in [2.45, 2.75) is 52.5 Å². The number of ether oxygens (including phenoxy) is 1. The third-order valence-corrected chi connectivity index (χ3v) is 4.18. The Kier molecular flexibility index (Phi) is 6.63. The first-order valence-electron chi connectivity index (χ1n) is 8.96. The molecule has 1 N–H and O–H groups in total. The molecule has 25 heavy (non-hydrogen) atoms. The normalized spacial score (nSPS) is 11.2. The largest absolute Gasteiger partial charge is 0.494 e. The smallest absolute Gasteiger partial charge is 0.220 e. The number of carbonyl (C=O) groups is 1. The second-order valence-corrected chi connectivity index (χ2v) is 7.30. The van der Waals surface area contributed by atoms with E-state index < -0.39 is 0 Å². The van der Waals surface area contributed by atoms with Gasteiger partial charge >= 0.3 is 0 Å². The van der Waals surface area contributed by atoms with Crippen LogP contribution in [0.3, 0.4) is 0 Å². The van der Waals surface area contributed by atoms with Crippen molar-refractivity contribution in [1.82, 2.24) is 5.32 Å². The first-order chi connectivity index (χ1) is 11.9. The van der Waals surface area contributed by atoms with Crippen molar-refractivity contribution in [2.24, 2.45) is 0 Å². The summed E-state index contributed by atoms with van der Waals surface area (Å²) in [5, 5.41) is 2.98. The van der Waals surface area contributed by atoms with Gasteiger partial charge in [0.05, 0.1) is 6.61 Å². The zero-order valence-corrected chi connectivity index (χ0v) is 15.8. The summed E-state index contributed by atoms with van der Waals surface area (Å²) in [5.74, 6) is 0.935. The van der Waals surface area contributed by atoms with Gasteiger partial charge in [0.15, 0.2) is 0 Å². The summed E-state index contributed by atoms with van der Waals surface area (Å²) in [6.45, 7) is 9.79. The molecule has 0 aliphatic rings. The van der Waals surface area contributed by atoms with E-state index in [9.17, 15) is 4.79 Å². The average molecular weight is 339 g/mol. The van der Waals surface area contributed by atoms with Gasteiger partial charge in [0, 0.05) is 13.0 Å². The Morgan fingerprint density at radius 1 is 0.960 bits per heavy atom. The van der Waals surface area contributed by atoms with Gasteiger partial charge < -0.3 is 10.1 Å². The van der Waals surface area contributed by atoms with Gasteiger partial charge in [-0.15, -0.1) is 0 Å². The predicted octanol–water partition coefficient (Wildman–Crippen LogP) is 4.63. The maximum Gasteiger partial charge on any atom is 0.220 e. The summed E-state index contributed by atoms with van der Waals surface area (Å²) >= 11 is 0. The van der Waals surface area contributed by atoms with E-state index in [4.69, 9.17) is 4.74 Å². The Morgan fingerprint density at radius 3 is 2.12 bits per heavy atom. The molecule has 0 bridgehead atoms. The summed E-state index contributed by atoms with van der Waals surface area (Å²) in [6.07, 6.45) is 1.27. The third-order valence-electron chi connectivity index (χ3n) is 4.18. The third kappa shape index (κ3) is 6.26. The van der Waals surface area contributed by atoms with Crippen LogP contribution in [0.15, 0.2) is 48.5 Å². The molecule has 2 aromatic carbocycles. The van der Waals surface area contributed by atoms with Crippen molar-refractivity contribution in [3.05, 3.63) is 65.2 Å². The standard InChI is InChI=1S/C22H29NO2/c1-5-25-20-13-8-18(9-14-20)16-23-21(24)15-10-17-6-11-19(12-7-17)22(2,3)4/h6-9,11-14H,5,10,15-16H2,1-4H3,(H,23,24). The van der Waals surface area contributed by atoms with Crippen LogP contribution < -0.4 is 10.1 Å². The van der Waals surface area contributed by atoms with Crippen LogP contribution in [0.4, 0.5) is 0 Å². The van der Waals surface area contributed by atoms with Crippen LogP contribution in [0.2, 0.25) is 0 Å². The molecule has 0 aliphatic heterocycles. The van der Waals surface area contributed by atoms with E-state index in [0.29, 0.717) is 19.6 Å². The molecule has 0 atom stereocenters. The Bertz CT molecular complexity index is 667. The molecule has 0 fully saturated rings. The summed E-state index contributed by atoms with van der Waals surface area (Å²) < 4.78 is 5.42. The molecule has 1 amide bonds. The Labute approximate surface area is 151 Å². The summed E-state index contributed by atoms with van der Waals surface area (Å²) in [5.41, 5.74) is 3.75. The second-order valence-electron chi connectivity index (χ2n) is 7.30. The Hall–Kier alpha value is -2.29. The highest BCUT2D eigenvalue weighted by molar-refractivity contribution is 5.76. The lowest BCUT2D eigenvalue weighted by molar-refractivity contribution is -0.121. The van der Waals surface area contributed by atoms with Crippen molar-refractivity contribution < 1.29 is 9.53 Å². The van der Waals surface area contributed by atoms with Crippen molar-refractivity contribution in [3.63, 3.8) is 0 Å². The number of hydrogen-bond acceptors (Lipinski definition) is 2. The lowest BCUT2D eigenvalue weighted by atomic mass is 9.86. The monoisotopic (exact) mass is 339 g/mol. The molecule has 134 valence electrons. The molecular weight excluding hydrogens is 310 g/mol. The fourth-order valence-electron chi connectivity index (χ4n) is 2.59. The molecule has 0 heterocycles. The molecule has 0 spiro atoms. The van der Waals surface area contributed by atoms with Crippen LogP contribution in [0.5, 0.6) is 5.75 Å². The highest BCUT2D eigenvalue weighted by atomic mass is 16.5. The van der Waals surface area contributed by atoms with Crippen molar-refractivity contribution in [2.75, 3.05) is 6.61 Å². The van der Waals surface area contributed by atoms with Gasteiger partial charge in [-0.05, 0) is 47.6 Å². The van der Waals surface area contributed by atoms with E-state index in [1.807, 2.05) is 31.2 Å². The number of hydrogen-bond donors (Lipinski definition) is 1. The number of rotatable bonds is 7. The number of amides is 1. The highest BCUT2D eigenvalue weighted by Crippen LogP contribution is 2.22. The molecule has 2 rings (SSSR count). The first-order valence-corrected chi connectivity index (χ1v) is 8.96. The lowest BCUT2D eigenvalue weighted by Gasteiger charge is -2.19. The molecule has 0 radical (unpaired) electrons. The minimum absolute atomic E-state index is 0.0776. The van der Waals surface area contributed by atoms with Gasteiger partial charge in [-0.3, -0.25) is 4.79 Å². The van der Waals surface area contributed by atoms with Gasteiger partial charge in [-0.2, -0.15) is 0 Å². The fourth-order valence-corrected chi connectivity index (χ4v) is 2.59. The molecule has 0 saturated heterocycles. The number of carbonyl (C=O) groups excluding carboxylic acids is 1. The van der Waals surface area contributed by atoms with E-state index in [-0.39, 0.29) is 11.3 Å². The SMILES string of the molecule is CCOc1ccc(CNC(=O)CCc2ccc(C(C)(C)C)cc2)cc1. The molecule has 3 nitrogen and oxygen atoms in total. The quantitative estimate of drug-likeness (QED) is 0.798.